The van der Waals surface area contributed by atoms with Gasteiger partial charge in [0.15, 0.2) is 0 Å². The Morgan fingerprint density at radius 3 is 2.31 bits per heavy atom. The fourth-order valence-electron chi connectivity index (χ4n) is 10.1. The number of benzene rings is 1. The van der Waals surface area contributed by atoms with Gasteiger partial charge in [-0.3, -0.25) is 4.90 Å². The van der Waals surface area contributed by atoms with Crippen LogP contribution < -0.4 is 4.72 Å². The number of fused-ring (bicyclic) bond motifs is 5. The largest absolute Gasteiger partial charge is 0.325 e. The predicted molar refractivity (Wildman–Crippen MR) is 170 cm³/mol. The number of sulfonamides is 1. The van der Waals surface area contributed by atoms with Gasteiger partial charge in [-0.1, -0.05) is 44.2 Å². The van der Waals surface area contributed by atoms with Crippen LogP contribution in [0.5, 0.6) is 0 Å². The van der Waals surface area contributed by atoms with Crippen molar-refractivity contribution in [1.29, 1.82) is 0 Å². The normalized spacial score (nSPS) is 34.8. The molecule has 3 saturated heterocycles. The lowest BCUT2D eigenvalue weighted by Crippen LogP contribution is -2.58. The predicted octanol–water partition coefficient (Wildman–Crippen LogP) is 5.76. The summed E-state index contributed by atoms with van der Waals surface area (Å²) in [6.45, 7) is 3.37. The maximum atomic E-state index is 11.5. The van der Waals surface area contributed by atoms with Crippen LogP contribution in [0.15, 0.2) is 24.3 Å². The van der Waals surface area contributed by atoms with Gasteiger partial charge in [-0.15, -0.1) is 0 Å². The van der Waals surface area contributed by atoms with Gasteiger partial charge in [0, 0.05) is 50.2 Å². The van der Waals surface area contributed by atoms with E-state index in [-0.39, 0.29) is 0 Å². The molecule has 5 aliphatic rings. The number of imidazole rings is 1. The summed E-state index contributed by atoms with van der Waals surface area (Å²) in [7, 11) is -3.14. The second-order valence-electron chi connectivity index (χ2n) is 14.8. The van der Waals surface area contributed by atoms with Crippen LogP contribution >= 0.6 is 0 Å². The van der Waals surface area contributed by atoms with E-state index in [2.05, 4.69) is 43.4 Å². The van der Waals surface area contributed by atoms with Gasteiger partial charge in [0.1, 0.15) is 5.82 Å². The summed E-state index contributed by atoms with van der Waals surface area (Å²) in [5.74, 6) is 3.82. The highest BCUT2D eigenvalue weighted by Gasteiger charge is 2.45. The van der Waals surface area contributed by atoms with Crippen molar-refractivity contribution in [2.75, 3.05) is 32.4 Å². The Kier molecular flexibility index (Phi) is 8.70. The van der Waals surface area contributed by atoms with Crippen molar-refractivity contribution in [3.05, 3.63) is 30.1 Å². The highest BCUT2D eigenvalue weighted by atomic mass is 32.2. The van der Waals surface area contributed by atoms with Crippen molar-refractivity contribution in [2.45, 2.75) is 120 Å². The number of para-hydroxylation sites is 2. The molecule has 8 heteroatoms. The number of nitrogens with zero attached hydrogens (tertiary/aromatic N) is 4. The molecule has 232 valence electrons. The highest BCUT2D eigenvalue weighted by molar-refractivity contribution is 7.88. The van der Waals surface area contributed by atoms with Crippen molar-refractivity contribution in [3.63, 3.8) is 0 Å². The Morgan fingerprint density at radius 1 is 0.833 bits per heavy atom. The summed E-state index contributed by atoms with van der Waals surface area (Å²) in [6.07, 6.45) is 21.7. The van der Waals surface area contributed by atoms with Crippen molar-refractivity contribution in [1.82, 2.24) is 24.1 Å². The molecule has 0 radical (unpaired) electrons. The van der Waals surface area contributed by atoms with Crippen LogP contribution in [0, 0.1) is 17.8 Å². The van der Waals surface area contributed by atoms with E-state index in [4.69, 9.17) is 4.98 Å². The number of piperidine rings is 3. The van der Waals surface area contributed by atoms with Crippen molar-refractivity contribution in [3.8, 4) is 0 Å². The minimum Gasteiger partial charge on any atom is -0.325 e. The molecule has 4 bridgehead atoms. The average molecular weight is 596 g/mol. The Bertz CT molecular complexity index is 1300. The van der Waals surface area contributed by atoms with Crippen LogP contribution in [0.25, 0.3) is 11.0 Å². The fraction of sp³-hybridized carbons (Fsp3) is 0.794. The van der Waals surface area contributed by atoms with Crippen LogP contribution in [-0.2, 0) is 16.4 Å². The zero-order valence-electron chi connectivity index (χ0n) is 25.8. The Hall–Kier alpha value is -1.48. The van der Waals surface area contributed by atoms with E-state index >= 15 is 0 Å². The summed E-state index contributed by atoms with van der Waals surface area (Å²) in [5.41, 5.74) is 2.49. The van der Waals surface area contributed by atoms with Gasteiger partial charge in [0.25, 0.3) is 0 Å². The molecule has 2 aromatic rings. The average Bonchev–Trinajstić information content (AvgIpc) is 3.22. The summed E-state index contributed by atoms with van der Waals surface area (Å²) in [6, 6.07) is 11.7. The molecule has 1 aromatic carbocycles. The molecule has 42 heavy (non-hydrogen) atoms. The summed E-state index contributed by atoms with van der Waals surface area (Å²) in [5, 5.41) is 0. The molecule has 0 amide bonds. The number of rotatable bonds is 8. The summed E-state index contributed by atoms with van der Waals surface area (Å²) < 4.78 is 28.5. The zero-order valence-corrected chi connectivity index (χ0v) is 26.6. The van der Waals surface area contributed by atoms with Crippen LogP contribution in [0.1, 0.15) is 102 Å². The number of likely N-dealkylation sites (tertiary alicyclic amines) is 1. The standard InChI is InChI=1S/C34H53N5O2S/c1-42(40,41)35-15-17-37-16-7-10-27(24-37)21-34-36-32-13-4-5-14-33(32)39(34)31-22-28-11-6-12-29(23-31)38(28)30-19-25-8-2-3-9-26(18-25)20-30/h4-5,13-14,25-31,35H,2-3,6-12,15-24H2,1H3/t25-,26+,27?,28-,29+,30?,31?. The van der Waals surface area contributed by atoms with Gasteiger partial charge < -0.3 is 9.47 Å². The first-order chi connectivity index (χ1) is 20.4. The molecular weight excluding hydrogens is 542 g/mol. The Morgan fingerprint density at radius 2 is 1.57 bits per heavy atom. The maximum absolute atomic E-state index is 11.5. The topological polar surface area (TPSA) is 70.5 Å². The van der Waals surface area contributed by atoms with Crippen LogP contribution in [-0.4, -0.2) is 78.3 Å². The van der Waals surface area contributed by atoms with Gasteiger partial charge in [0.05, 0.1) is 17.3 Å². The van der Waals surface area contributed by atoms with E-state index in [0.29, 0.717) is 18.5 Å². The van der Waals surface area contributed by atoms with E-state index in [0.717, 1.165) is 61.5 Å². The lowest BCUT2D eigenvalue weighted by atomic mass is 9.73. The first kappa shape index (κ1) is 29.2. The van der Waals surface area contributed by atoms with Crippen molar-refractivity contribution in [2.24, 2.45) is 17.8 Å². The molecule has 3 aliphatic heterocycles. The minimum absolute atomic E-state index is 0.494. The lowest BCUT2D eigenvalue weighted by Gasteiger charge is -2.54. The third-order valence-corrected chi connectivity index (χ3v) is 12.4. The Balaban J connectivity index is 1.09. The van der Waals surface area contributed by atoms with Crippen LogP contribution in [0.3, 0.4) is 0 Å². The lowest BCUT2D eigenvalue weighted by molar-refractivity contribution is -0.0420. The first-order valence-electron chi connectivity index (χ1n) is 17.3. The molecule has 3 unspecified atom stereocenters. The third kappa shape index (κ3) is 6.47. The number of aromatic nitrogens is 2. The Labute approximate surface area is 253 Å². The summed E-state index contributed by atoms with van der Waals surface area (Å²) >= 11 is 0. The molecule has 7 rings (SSSR count). The van der Waals surface area contributed by atoms with Crippen molar-refractivity contribution >= 4 is 21.1 Å². The molecule has 2 aliphatic carbocycles. The number of hydrogen-bond donors (Lipinski definition) is 1. The second kappa shape index (κ2) is 12.5. The van der Waals surface area contributed by atoms with Crippen LogP contribution in [0.2, 0.25) is 0 Å². The fourth-order valence-corrected chi connectivity index (χ4v) is 10.6. The first-order valence-corrected chi connectivity index (χ1v) is 19.2. The van der Waals surface area contributed by atoms with Crippen molar-refractivity contribution < 1.29 is 8.42 Å². The molecule has 0 spiro atoms. The molecule has 7 nitrogen and oxygen atoms in total. The monoisotopic (exact) mass is 595 g/mol. The molecule has 2 saturated carbocycles. The minimum atomic E-state index is -3.14. The molecule has 1 N–H and O–H groups in total. The maximum Gasteiger partial charge on any atom is 0.208 e. The smallest absolute Gasteiger partial charge is 0.208 e. The second-order valence-corrected chi connectivity index (χ2v) is 16.6. The van der Waals surface area contributed by atoms with E-state index in [1.165, 1.54) is 107 Å². The van der Waals surface area contributed by atoms with E-state index < -0.39 is 10.0 Å². The van der Waals surface area contributed by atoms with E-state index in [9.17, 15) is 8.42 Å². The van der Waals surface area contributed by atoms with Gasteiger partial charge in [-0.2, -0.15) is 0 Å². The molecule has 5 fully saturated rings. The SMILES string of the molecule is CS(=O)(=O)NCCN1CCCC(Cc2nc3ccccc3n2C2C[C@H]3CCC[C@@H](C2)N3C2C[C@H]3CCCC[C@@H](C2)C3)C1. The number of hydrogen-bond acceptors (Lipinski definition) is 5. The van der Waals surface area contributed by atoms with Crippen LogP contribution in [0.4, 0.5) is 0 Å². The van der Waals surface area contributed by atoms with Gasteiger partial charge in [-0.25, -0.2) is 18.1 Å². The zero-order chi connectivity index (χ0) is 28.7. The molecule has 1 aromatic heterocycles. The third-order valence-electron chi connectivity index (χ3n) is 11.7. The molecule has 4 heterocycles. The molecule has 7 atom stereocenters. The highest BCUT2D eigenvalue weighted by Crippen LogP contribution is 2.47. The quantitative estimate of drug-likeness (QED) is 0.421. The molecular formula is C34H53N5O2S. The van der Waals surface area contributed by atoms with Gasteiger partial charge in [0.2, 0.25) is 10.0 Å². The number of nitrogens with one attached hydrogen (secondary N) is 1. The van der Waals surface area contributed by atoms with Gasteiger partial charge >= 0.3 is 0 Å². The van der Waals surface area contributed by atoms with E-state index in [1.54, 1.807) is 0 Å². The summed E-state index contributed by atoms with van der Waals surface area (Å²) in [4.78, 5) is 10.8. The van der Waals surface area contributed by atoms with E-state index in [1.807, 2.05) is 0 Å². The van der Waals surface area contributed by atoms with Gasteiger partial charge in [-0.05, 0) is 94.2 Å².